The first kappa shape index (κ1) is 20.8. The highest BCUT2D eigenvalue weighted by atomic mass is 35.5. The van der Waals surface area contributed by atoms with Gasteiger partial charge in [0.15, 0.2) is 5.76 Å². The van der Waals surface area contributed by atoms with E-state index in [1.165, 1.54) is 6.07 Å². The number of hydrogen-bond donors (Lipinski definition) is 0. The fraction of sp³-hybridized carbons (Fsp3) is 0.261. The van der Waals surface area contributed by atoms with E-state index < -0.39 is 0 Å². The molecule has 2 heterocycles. The molecule has 7 heteroatoms. The summed E-state index contributed by atoms with van der Waals surface area (Å²) in [7, 11) is 0. The Morgan fingerprint density at radius 3 is 2.47 bits per heavy atom. The Morgan fingerprint density at radius 2 is 1.70 bits per heavy atom. The summed E-state index contributed by atoms with van der Waals surface area (Å²) < 4.78 is 19.8. The number of halogens is 2. The molecular formula is C23H22ClFN2O2S. The average molecular weight is 445 g/mol. The normalized spacial score (nSPS) is 14.2. The van der Waals surface area contributed by atoms with Crippen LogP contribution in [0.5, 0.6) is 0 Å². The van der Waals surface area contributed by atoms with Crippen molar-refractivity contribution in [3.05, 3.63) is 88.6 Å². The van der Waals surface area contributed by atoms with E-state index in [1.54, 1.807) is 34.9 Å². The van der Waals surface area contributed by atoms with Crippen LogP contribution >= 0.6 is 23.4 Å². The van der Waals surface area contributed by atoms with Gasteiger partial charge in [-0.3, -0.25) is 4.79 Å². The van der Waals surface area contributed by atoms with Crippen molar-refractivity contribution < 1.29 is 13.6 Å². The molecule has 3 aromatic rings. The molecule has 156 valence electrons. The highest BCUT2D eigenvalue weighted by molar-refractivity contribution is 7.97. The largest absolute Gasteiger partial charge is 0.455 e. The summed E-state index contributed by atoms with van der Waals surface area (Å²) >= 11 is 7.87. The minimum Gasteiger partial charge on any atom is -0.455 e. The van der Waals surface area contributed by atoms with Crippen LogP contribution in [0, 0.1) is 5.82 Å². The highest BCUT2D eigenvalue weighted by Crippen LogP contribution is 2.25. The van der Waals surface area contributed by atoms with E-state index in [2.05, 4.69) is 0 Å². The van der Waals surface area contributed by atoms with Gasteiger partial charge in [-0.25, -0.2) is 4.39 Å². The zero-order valence-corrected chi connectivity index (χ0v) is 18.0. The summed E-state index contributed by atoms with van der Waals surface area (Å²) in [5.41, 5.74) is 1.67. The topological polar surface area (TPSA) is 36.7 Å². The van der Waals surface area contributed by atoms with Gasteiger partial charge >= 0.3 is 0 Å². The van der Waals surface area contributed by atoms with Gasteiger partial charge in [-0.1, -0.05) is 41.9 Å². The van der Waals surface area contributed by atoms with Gasteiger partial charge in [0.2, 0.25) is 0 Å². The summed E-state index contributed by atoms with van der Waals surface area (Å²) in [5, 5.41) is 0.759. The Labute approximate surface area is 184 Å². The number of hydrogen-bond acceptors (Lipinski definition) is 4. The summed E-state index contributed by atoms with van der Waals surface area (Å²) in [4.78, 5) is 16.5. The van der Waals surface area contributed by atoms with E-state index in [9.17, 15) is 9.18 Å². The molecule has 4 nitrogen and oxygen atoms in total. The molecule has 0 bridgehead atoms. The first-order valence-electron chi connectivity index (χ1n) is 9.80. The van der Waals surface area contributed by atoms with Crippen LogP contribution in [0.15, 0.2) is 65.1 Å². The van der Waals surface area contributed by atoms with Crippen molar-refractivity contribution in [3.63, 3.8) is 0 Å². The first-order chi connectivity index (χ1) is 14.6. The Bertz CT molecular complexity index is 1020. The second-order valence-electron chi connectivity index (χ2n) is 7.08. The molecule has 30 heavy (non-hydrogen) atoms. The summed E-state index contributed by atoms with van der Waals surface area (Å²) in [6.07, 6.45) is 0. The van der Waals surface area contributed by atoms with Crippen LogP contribution in [0.3, 0.4) is 0 Å². The maximum absolute atomic E-state index is 14.0. The molecule has 1 fully saturated rings. The van der Waals surface area contributed by atoms with Crippen LogP contribution in [0.1, 0.15) is 21.9 Å². The van der Waals surface area contributed by atoms with Crippen molar-refractivity contribution in [2.75, 3.05) is 31.1 Å². The Hall–Kier alpha value is -2.44. The van der Waals surface area contributed by atoms with E-state index >= 15 is 0 Å². The molecule has 0 radical (unpaired) electrons. The van der Waals surface area contributed by atoms with Gasteiger partial charge in [-0.05, 0) is 35.9 Å². The third kappa shape index (κ3) is 4.82. The SMILES string of the molecule is O=C(c1ccc(CSCc2ccccc2Cl)o1)N1CCN(c2ccccc2F)CC1. The monoisotopic (exact) mass is 444 g/mol. The maximum atomic E-state index is 14.0. The number of piperazine rings is 1. The van der Waals surface area contributed by atoms with Crippen molar-refractivity contribution in [2.24, 2.45) is 0 Å². The zero-order chi connectivity index (χ0) is 20.9. The fourth-order valence-corrected chi connectivity index (χ4v) is 4.67. The minimum atomic E-state index is -0.234. The van der Waals surface area contributed by atoms with E-state index in [-0.39, 0.29) is 11.7 Å². The van der Waals surface area contributed by atoms with Gasteiger partial charge in [0.25, 0.3) is 5.91 Å². The van der Waals surface area contributed by atoms with Crippen LogP contribution in [-0.4, -0.2) is 37.0 Å². The molecule has 1 aliphatic heterocycles. The lowest BCUT2D eigenvalue weighted by Gasteiger charge is -2.35. The van der Waals surface area contributed by atoms with E-state index in [0.29, 0.717) is 43.4 Å². The lowest BCUT2D eigenvalue weighted by atomic mass is 10.2. The van der Waals surface area contributed by atoms with E-state index in [4.69, 9.17) is 16.0 Å². The molecule has 0 N–H and O–H groups in total. The second kappa shape index (κ2) is 9.58. The molecule has 0 spiro atoms. The van der Waals surface area contributed by atoms with E-state index in [1.807, 2.05) is 41.3 Å². The molecule has 1 saturated heterocycles. The van der Waals surface area contributed by atoms with Crippen LogP contribution in [0.25, 0.3) is 0 Å². The van der Waals surface area contributed by atoms with Gasteiger partial charge in [0.1, 0.15) is 11.6 Å². The van der Waals surface area contributed by atoms with Gasteiger partial charge in [-0.2, -0.15) is 0 Å². The van der Waals surface area contributed by atoms with Crippen molar-refractivity contribution in [2.45, 2.75) is 11.5 Å². The second-order valence-corrected chi connectivity index (χ2v) is 8.47. The number of benzene rings is 2. The summed E-state index contributed by atoms with van der Waals surface area (Å²) in [6.45, 7) is 2.25. The molecule has 1 amide bonds. The Kier molecular flexibility index (Phi) is 6.65. The van der Waals surface area contributed by atoms with Crippen molar-refractivity contribution >= 4 is 35.0 Å². The number of rotatable bonds is 6. The predicted octanol–water partition coefficient (Wildman–Crippen LogP) is 5.47. The molecule has 2 aromatic carbocycles. The number of furan rings is 1. The van der Waals surface area contributed by atoms with Crippen LogP contribution < -0.4 is 4.90 Å². The fourth-order valence-electron chi connectivity index (χ4n) is 3.46. The Balaban J connectivity index is 1.29. The van der Waals surface area contributed by atoms with E-state index in [0.717, 1.165) is 22.1 Å². The van der Waals surface area contributed by atoms with Crippen molar-refractivity contribution in [3.8, 4) is 0 Å². The summed E-state index contributed by atoms with van der Waals surface area (Å²) in [6, 6.07) is 18.1. The van der Waals surface area contributed by atoms with Crippen molar-refractivity contribution in [1.82, 2.24) is 4.90 Å². The molecule has 0 atom stereocenters. The van der Waals surface area contributed by atoms with Crippen LogP contribution in [0.2, 0.25) is 5.02 Å². The van der Waals surface area contributed by atoms with Gasteiger partial charge < -0.3 is 14.2 Å². The van der Waals surface area contributed by atoms with Crippen LogP contribution in [0.4, 0.5) is 10.1 Å². The quantitative estimate of drug-likeness (QED) is 0.505. The smallest absolute Gasteiger partial charge is 0.289 e. The maximum Gasteiger partial charge on any atom is 0.289 e. The number of carbonyl (C=O) groups is 1. The van der Waals surface area contributed by atoms with Crippen LogP contribution in [-0.2, 0) is 11.5 Å². The van der Waals surface area contributed by atoms with Gasteiger partial charge in [0, 0.05) is 37.0 Å². The number of thioether (sulfide) groups is 1. The molecule has 0 unspecified atom stereocenters. The minimum absolute atomic E-state index is 0.120. The number of amides is 1. The number of para-hydroxylation sites is 1. The average Bonchev–Trinajstić information content (AvgIpc) is 3.24. The Morgan fingerprint density at radius 1 is 0.967 bits per heavy atom. The zero-order valence-electron chi connectivity index (χ0n) is 16.4. The molecule has 1 aromatic heterocycles. The molecule has 4 rings (SSSR count). The first-order valence-corrected chi connectivity index (χ1v) is 11.3. The number of nitrogens with zero attached hydrogens (tertiary/aromatic N) is 2. The molecular weight excluding hydrogens is 423 g/mol. The number of carbonyl (C=O) groups excluding carboxylic acids is 1. The highest BCUT2D eigenvalue weighted by Gasteiger charge is 2.25. The van der Waals surface area contributed by atoms with Gasteiger partial charge in [0.05, 0.1) is 11.4 Å². The third-order valence-electron chi connectivity index (χ3n) is 5.09. The molecule has 1 aliphatic rings. The molecule has 0 aliphatic carbocycles. The van der Waals surface area contributed by atoms with Gasteiger partial charge in [-0.15, -0.1) is 11.8 Å². The lowest BCUT2D eigenvalue weighted by Crippen LogP contribution is -2.49. The third-order valence-corrected chi connectivity index (χ3v) is 6.46. The standard InChI is InChI=1S/C23H22ClFN2O2S/c24-19-6-2-1-5-17(19)15-30-16-18-9-10-22(29-18)23(28)27-13-11-26(12-14-27)21-8-4-3-7-20(21)25/h1-10H,11-16H2. The predicted molar refractivity (Wildman–Crippen MR) is 120 cm³/mol. The van der Waals surface area contributed by atoms with Crippen molar-refractivity contribution in [1.29, 1.82) is 0 Å². The molecule has 0 saturated carbocycles. The number of anilines is 1. The summed E-state index contributed by atoms with van der Waals surface area (Å²) in [5.74, 6) is 2.21. The lowest BCUT2D eigenvalue weighted by molar-refractivity contribution is 0.0713.